The molecule has 0 aliphatic heterocycles. The molecule has 0 heterocycles. The summed E-state index contributed by atoms with van der Waals surface area (Å²) in [6, 6.07) is 9.66. The van der Waals surface area contributed by atoms with Gasteiger partial charge in [0.1, 0.15) is 0 Å². The molecular weight excluding hydrogens is 236 g/mol. The van der Waals surface area contributed by atoms with Crippen LogP contribution < -0.4 is 0 Å². The minimum absolute atomic E-state index is 0.0106. The number of benzene rings is 1. The van der Waals surface area contributed by atoms with E-state index in [1.54, 1.807) is 0 Å². The van der Waals surface area contributed by atoms with Crippen LogP contribution in [0.25, 0.3) is 0 Å². The summed E-state index contributed by atoms with van der Waals surface area (Å²) in [5.74, 6) is -0.0621. The molecule has 0 aliphatic rings. The Morgan fingerprint density at radius 1 is 1.35 bits per heavy atom. The van der Waals surface area contributed by atoms with Gasteiger partial charge >= 0.3 is 0 Å². The number of aliphatic hydroxyl groups excluding tert-OH is 2. The molecule has 17 heavy (non-hydrogen) atoms. The van der Waals surface area contributed by atoms with Crippen molar-refractivity contribution >= 4 is 17.5 Å². The van der Waals surface area contributed by atoms with Crippen molar-refractivity contribution in [1.29, 1.82) is 0 Å². The number of hydrogen-bond acceptors (Lipinski definition) is 4. The van der Waals surface area contributed by atoms with Crippen LogP contribution >= 0.6 is 11.8 Å². The molecule has 1 aromatic carbocycles. The van der Waals surface area contributed by atoms with Crippen LogP contribution in [0.3, 0.4) is 0 Å². The van der Waals surface area contributed by atoms with Gasteiger partial charge in [-0.25, -0.2) is 0 Å². The lowest BCUT2D eigenvalue weighted by Crippen LogP contribution is -2.32. The van der Waals surface area contributed by atoms with Crippen molar-refractivity contribution in [2.75, 3.05) is 6.61 Å². The van der Waals surface area contributed by atoms with Gasteiger partial charge in [-0.05, 0) is 26.0 Å². The zero-order valence-electron chi connectivity index (χ0n) is 10.1. The normalized spacial score (nSPS) is 13.4. The smallest absolute Gasteiger partial charge is 0.151 e. The van der Waals surface area contributed by atoms with Crippen LogP contribution in [0.2, 0.25) is 0 Å². The number of rotatable bonds is 6. The Kier molecular flexibility index (Phi) is 5.18. The molecule has 0 spiro atoms. The molecular formula is C13H18O3S. The standard InChI is InChI=1S/C13H18O3S/c1-13(2,12(16)8-10(15)9-14)17-11-6-4-3-5-7-11/h3-7,10,14-15H,8-9H2,1-2H3/t10-/m1/s1. The Labute approximate surface area is 106 Å². The highest BCUT2D eigenvalue weighted by Gasteiger charge is 2.29. The number of aliphatic hydroxyl groups is 2. The molecule has 0 aromatic heterocycles. The van der Waals surface area contributed by atoms with Crippen LogP contribution in [-0.2, 0) is 4.79 Å². The summed E-state index contributed by atoms with van der Waals surface area (Å²) in [5.41, 5.74) is 0. The summed E-state index contributed by atoms with van der Waals surface area (Å²) in [4.78, 5) is 13.0. The van der Waals surface area contributed by atoms with E-state index in [1.807, 2.05) is 44.2 Å². The number of hydrogen-bond donors (Lipinski definition) is 2. The van der Waals surface area contributed by atoms with Gasteiger partial charge < -0.3 is 10.2 Å². The van der Waals surface area contributed by atoms with Crippen LogP contribution in [0, 0.1) is 0 Å². The maximum Gasteiger partial charge on any atom is 0.151 e. The van der Waals surface area contributed by atoms with Crippen molar-refractivity contribution < 1.29 is 15.0 Å². The summed E-state index contributed by atoms with van der Waals surface area (Å²) in [6.45, 7) is 3.28. The van der Waals surface area contributed by atoms with Crippen molar-refractivity contribution in [3.8, 4) is 0 Å². The fraction of sp³-hybridized carbons (Fsp3) is 0.462. The highest BCUT2D eigenvalue weighted by Crippen LogP contribution is 2.33. The molecule has 0 amide bonds. The van der Waals surface area contributed by atoms with E-state index in [1.165, 1.54) is 11.8 Å². The molecule has 94 valence electrons. The van der Waals surface area contributed by atoms with Crippen molar-refractivity contribution in [3.05, 3.63) is 30.3 Å². The van der Waals surface area contributed by atoms with E-state index >= 15 is 0 Å². The van der Waals surface area contributed by atoms with Gasteiger partial charge in [-0.3, -0.25) is 4.79 Å². The van der Waals surface area contributed by atoms with Crippen molar-refractivity contribution in [3.63, 3.8) is 0 Å². The summed E-state index contributed by atoms with van der Waals surface area (Å²) in [5, 5.41) is 18.0. The van der Waals surface area contributed by atoms with E-state index in [4.69, 9.17) is 5.11 Å². The lowest BCUT2D eigenvalue weighted by molar-refractivity contribution is -0.123. The fourth-order valence-electron chi connectivity index (χ4n) is 1.36. The highest BCUT2D eigenvalue weighted by atomic mass is 32.2. The first kappa shape index (κ1) is 14.2. The van der Waals surface area contributed by atoms with Crippen LogP contribution in [0.4, 0.5) is 0 Å². The maximum absolute atomic E-state index is 11.9. The fourth-order valence-corrected chi connectivity index (χ4v) is 2.44. The second-order valence-electron chi connectivity index (χ2n) is 4.39. The molecule has 2 N–H and O–H groups in total. The quantitative estimate of drug-likeness (QED) is 0.761. The van der Waals surface area contributed by atoms with Gasteiger partial charge in [-0.15, -0.1) is 11.8 Å². The Morgan fingerprint density at radius 2 is 1.94 bits per heavy atom. The maximum atomic E-state index is 11.9. The van der Waals surface area contributed by atoms with E-state index in [0.29, 0.717) is 0 Å². The SMILES string of the molecule is CC(C)(Sc1ccccc1)C(=O)C[C@@H](O)CO. The van der Waals surface area contributed by atoms with E-state index in [2.05, 4.69) is 0 Å². The summed E-state index contributed by atoms with van der Waals surface area (Å²) in [7, 11) is 0. The predicted octanol–water partition coefficient (Wildman–Crippen LogP) is 1.87. The minimum Gasteiger partial charge on any atom is -0.394 e. The van der Waals surface area contributed by atoms with E-state index in [9.17, 15) is 9.90 Å². The Hall–Kier alpha value is -0.840. The van der Waals surface area contributed by atoms with Crippen LogP contribution in [-0.4, -0.2) is 33.5 Å². The van der Waals surface area contributed by atoms with Gasteiger partial charge in [0.25, 0.3) is 0 Å². The van der Waals surface area contributed by atoms with Gasteiger partial charge in [0.05, 0.1) is 17.5 Å². The molecule has 1 atom stereocenters. The Bertz CT molecular complexity index is 362. The number of ketones is 1. The average molecular weight is 254 g/mol. The molecule has 0 fully saturated rings. The Balaban J connectivity index is 2.65. The van der Waals surface area contributed by atoms with Gasteiger partial charge in [-0.1, -0.05) is 18.2 Å². The summed E-state index contributed by atoms with van der Waals surface area (Å²) < 4.78 is -0.600. The van der Waals surface area contributed by atoms with E-state index < -0.39 is 10.9 Å². The first-order valence-corrected chi connectivity index (χ1v) is 6.33. The second-order valence-corrected chi connectivity index (χ2v) is 6.09. The van der Waals surface area contributed by atoms with Crippen molar-refractivity contribution in [2.24, 2.45) is 0 Å². The first-order valence-electron chi connectivity index (χ1n) is 5.52. The largest absolute Gasteiger partial charge is 0.394 e. The van der Waals surface area contributed by atoms with E-state index in [-0.39, 0.29) is 18.8 Å². The van der Waals surface area contributed by atoms with Gasteiger partial charge in [0, 0.05) is 11.3 Å². The van der Waals surface area contributed by atoms with Gasteiger partial charge in [-0.2, -0.15) is 0 Å². The van der Waals surface area contributed by atoms with Gasteiger partial charge in [0.2, 0.25) is 0 Å². The molecule has 3 nitrogen and oxygen atoms in total. The lowest BCUT2D eigenvalue weighted by atomic mass is 10.0. The molecule has 0 saturated heterocycles. The molecule has 0 unspecified atom stereocenters. The summed E-state index contributed by atoms with van der Waals surface area (Å²) in [6.07, 6.45) is -0.971. The summed E-state index contributed by atoms with van der Waals surface area (Å²) >= 11 is 1.46. The number of carbonyl (C=O) groups excluding carboxylic acids is 1. The minimum atomic E-state index is -0.960. The van der Waals surface area contributed by atoms with Crippen LogP contribution in [0.1, 0.15) is 20.3 Å². The highest BCUT2D eigenvalue weighted by molar-refractivity contribution is 8.01. The molecule has 1 aromatic rings. The van der Waals surface area contributed by atoms with E-state index in [0.717, 1.165) is 4.90 Å². The first-order chi connectivity index (χ1) is 7.95. The number of carbonyl (C=O) groups is 1. The van der Waals surface area contributed by atoms with Crippen LogP contribution in [0.5, 0.6) is 0 Å². The molecule has 0 aliphatic carbocycles. The predicted molar refractivity (Wildman–Crippen MR) is 69.1 cm³/mol. The second kappa shape index (κ2) is 6.19. The zero-order valence-corrected chi connectivity index (χ0v) is 10.9. The topological polar surface area (TPSA) is 57.5 Å². The van der Waals surface area contributed by atoms with Crippen LogP contribution in [0.15, 0.2) is 35.2 Å². The third-order valence-electron chi connectivity index (χ3n) is 2.42. The monoisotopic (exact) mass is 254 g/mol. The van der Waals surface area contributed by atoms with Gasteiger partial charge in [0.15, 0.2) is 5.78 Å². The van der Waals surface area contributed by atoms with Crippen molar-refractivity contribution in [2.45, 2.75) is 36.0 Å². The molecule has 0 saturated carbocycles. The molecule has 0 radical (unpaired) electrons. The molecule has 0 bridgehead atoms. The zero-order chi connectivity index (χ0) is 12.9. The van der Waals surface area contributed by atoms with Crippen molar-refractivity contribution in [1.82, 2.24) is 0 Å². The average Bonchev–Trinajstić information content (AvgIpc) is 2.29. The number of thioether (sulfide) groups is 1. The molecule has 4 heteroatoms. The lowest BCUT2D eigenvalue weighted by Gasteiger charge is -2.23. The molecule has 1 rings (SSSR count). The Morgan fingerprint density at radius 3 is 2.47 bits per heavy atom. The number of Topliss-reactive ketones (excluding diaryl/α,β-unsaturated/α-hetero) is 1. The third kappa shape index (κ3) is 4.50. The third-order valence-corrected chi connectivity index (χ3v) is 3.67.